The first-order chi connectivity index (χ1) is 10.2. The summed E-state index contributed by atoms with van der Waals surface area (Å²) in [7, 11) is 0. The van der Waals surface area contributed by atoms with Crippen LogP contribution in [0.4, 0.5) is 11.5 Å². The molecule has 1 amide bonds. The zero-order valence-electron chi connectivity index (χ0n) is 11.8. The van der Waals surface area contributed by atoms with Gasteiger partial charge in [0.05, 0.1) is 17.2 Å². The monoisotopic (exact) mass is 280 g/mol. The van der Waals surface area contributed by atoms with Crippen molar-refractivity contribution in [2.24, 2.45) is 0 Å². The summed E-state index contributed by atoms with van der Waals surface area (Å²) in [6, 6.07) is 12.2. The van der Waals surface area contributed by atoms with Crippen LogP contribution in [0.25, 0.3) is 0 Å². The molecule has 5 nitrogen and oxygen atoms in total. The fourth-order valence-electron chi connectivity index (χ4n) is 1.72. The summed E-state index contributed by atoms with van der Waals surface area (Å²) in [5.41, 5.74) is 1.69. The molecule has 5 heteroatoms. The lowest BCUT2D eigenvalue weighted by molar-refractivity contribution is 0.102. The largest absolute Gasteiger partial charge is 0.370 e. The first-order valence-corrected chi connectivity index (χ1v) is 6.74. The van der Waals surface area contributed by atoms with Gasteiger partial charge in [0, 0.05) is 18.4 Å². The lowest BCUT2D eigenvalue weighted by Gasteiger charge is -2.07. The van der Waals surface area contributed by atoms with E-state index in [-0.39, 0.29) is 5.91 Å². The second-order valence-corrected chi connectivity index (χ2v) is 4.50. The average molecular weight is 280 g/mol. The van der Waals surface area contributed by atoms with Gasteiger partial charge in [-0.3, -0.25) is 4.79 Å². The van der Waals surface area contributed by atoms with Crippen LogP contribution in [-0.2, 0) is 0 Å². The van der Waals surface area contributed by atoms with Crippen molar-refractivity contribution in [3.8, 4) is 6.07 Å². The number of hydrogen-bond donors (Lipinski definition) is 2. The third kappa shape index (κ3) is 4.05. The number of amides is 1. The predicted molar refractivity (Wildman–Crippen MR) is 82.1 cm³/mol. The van der Waals surface area contributed by atoms with E-state index in [0.29, 0.717) is 16.8 Å². The molecule has 0 radical (unpaired) electrons. The van der Waals surface area contributed by atoms with Crippen molar-refractivity contribution in [3.63, 3.8) is 0 Å². The summed E-state index contributed by atoms with van der Waals surface area (Å²) in [5.74, 6) is 0.529. The number of carbonyl (C=O) groups excluding carboxylic acids is 1. The normalized spacial score (nSPS) is 9.71. The van der Waals surface area contributed by atoms with Crippen LogP contribution in [0.1, 0.15) is 29.3 Å². The van der Waals surface area contributed by atoms with Crippen molar-refractivity contribution in [2.75, 3.05) is 17.2 Å². The van der Waals surface area contributed by atoms with Gasteiger partial charge in [-0.2, -0.15) is 5.26 Å². The Morgan fingerprint density at radius 2 is 2.00 bits per heavy atom. The predicted octanol–water partition coefficient (Wildman–Crippen LogP) is 3.03. The molecule has 0 spiro atoms. The highest BCUT2D eigenvalue weighted by Gasteiger charge is 2.06. The molecule has 0 aliphatic heterocycles. The lowest BCUT2D eigenvalue weighted by Crippen LogP contribution is -2.12. The van der Waals surface area contributed by atoms with E-state index in [1.165, 1.54) is 6.20 Å². The van der Waals surface area contributed by atoms with E-state index in [4.69, 9.17) is 5.26 Å². The first-order valence-electron chi connectivity index (χ1n) is 6.74. The van der Waals surface area contributed by atoms with Gasteiger partial charge < -0.3 is 10.6 Å². The summed E-state index contributed by atoms with van der Waals surface area (Å²) in [4.78, 5) is 16.2. The molecule has 0 bridgehead atoms. The number of nitrogens with one attached hydrogen (secondary N) is 2. The third-order valence-corrected chi connectivity index (χ3v) is 2.85. The molecule has 0 fully saturated rings. The topological polar surface area (TPSA) is 77.8 Å². The maximum Gasteiger partial charge on any atom is 0.257 e. The number of benzene rings is 1. The Morgan fingerprint density at radius 3 is 2.57 bits per heavy atom. The van der Waals surface area contributed by atoms with Crippen LogP contribution in [0, 0.1) is 11.3 Å². The van der Waals surface area contributed by atoms with Gasteiger partial charge in [-0.15, -0.1) is 0 Å². The maximum absolute atomic E-state index is 12.1. The van der Waals surface area contributed by atoms with Crippen molar-refractivity contribution < 1.29 is 4.79 Å². The van der Waals surface area contributed by atoms with Crippen LogP contribution in [0.3, 0.4) is 0 Å². The summed E-state index contributed by atoms with van der Waals surface area (Å²) >= 11 is 0. The Balaban J connectivity index is 2.00. The maximum atomic E-state index is 12.1. The Hall–Kier alpha value is -2.87. The highest BCUT2D eigenvalue weighted by molar-refractivity contribution is 6.04. The minimum absolute atomic E-state index is 0.228. The van der Waals surface area contributed by atoms with Crippen molar-refractivity contribution >= 4 is 17.4 Å². The summed E-state index contributed by atoms with van der Waals surface area (Å²) in [6.45, 7) is 2.93. The van der Waals surface area contributed by atoms with Gasteiger partial charge in [0.25, 0.3) is 5.91 Å². The molecule has 0 saturated carbocycles. The first kappa shape index (κ1) is 14.5. The van der Waals surface area contributed by atoms with E-state index in [0.717, 1.165) is 18.8 Å². The Kier molecular flexibility index (Phi) is 4.89. The molecule has 1 heterocycles. The number of pyridine rings is 1. The Bertz CT molecular complexity index is 641. The standard InChI is InChI=1S/C16H16N4O/c1-2-9-18-15-8-5-13(11-19-15)16(21)20-14-6-3-12(10-17)4-7-14/h3-8,11H,2,9H2,1H3,(H,18,19)(H,20,21). The SMILES string of the molecule is CCCNc1ccc(C(=O)Nc2ccc(C#N)cc2)cn1. The quantitative estimate of drug-likeness (QED) is 0.882. The zero-order valence-corrected chi connectivity index (χ0v) is 11.8. The van der Waals surface area contributed by atoms with Crippen molar-refractivity contribution in [1.82, 2.24) is 4.98 Å². The molecule has 0 atom stereocenters. The Labute approximate surface area is 123 Å². The van der Waals surface area contributed by atoms with E-state index in [2.05, 4.69) is 22.5 Å². The van der Waals surface area contributed by atoms with Gasteiger partial charge in [0.2, 0.25) is 0 Å². The molecule has 21 heavy (non-hydrogen) atoms. The number of carbonyl (C=O) groups is 1. The van der Waals surface area contributed by atoms with Gasteiger partial charge in [-0.25, -0.2) is 4.98 Å². The molecule has 0 aliphatic rings. The summed E-state index contributed by atoms with van der Waals surface area (Å²) in [6.07, 6.45) is 2.56. The third-order valence-electron chi connectivity index (χ3n) is 2.85. The molecule has 1 aromatic carbocycles. The molecule has 106 valence electrons. The highest BCUT2D eigenvalue weighted by atomic mass is 16.1. The molecular weight excluding hydrogens is 264 g/mol. The second-order valence-electron chi connectivity index (χ2n) is 4.50. The van der Waals surface area contributed by atoms with Gasteiger partial charge in [0.1, 0.15) is 5.82 Å². The highest BCUT2D eigenvalue weighted by Crippen LogP contribution is 2.11. The fraction of sp³-hybridized carbons (Fsp3) is 0.188. The number of nitriles is 1. The zero-order chi connectivity index (χ0) is 15.1. The van der Waals surface area contributed by atoms with Crippen LogP contribution in [0.5, 0.6) is 0 Å². The fourth-order valence-corrected chi connectivity index (χ4v) is 1.72. The molecule has 0 aliphatic carbocycles. The van der Waals surface area contributed by atoms with Gasteiger partial charge in [0.15, 0.2) is 0 Å². The summed E-state index contributed by atoms with van der Waals surface area (Å²) < 4.78 is 0. The average Bonchev–Trinajstić information content (AvgIpc) is 2.54. The Morgan fingerprint density at radius 1 is 1.24 bits per heavy atom. The molecule has 0 unspecified atom stereocenters. The number of hydrogen-bond acceptors (Lipinski definition) is 4. The van der Waals surface area contributed by atoms with E-state index >= 15 is 0 Å². The van der Waals surface area contributed by atoms with Gasteiger partial charge in [-0.1, -0.05) is 6.92 Å². The minimum atomic E-state index is -0.228. The van der Waals surface area contributed by atoms with E-state index < -0.39 is 0 Å². The van der Waals surface area contributed by atoms with Crippen molar-refractivity contribution in [3.05, 3.63) is 53.7 Å². The molecule has 2 rings (SSSR count). The van der Waals surface area contributed by atoms with Crippen molar-refractivity contribution in [1.29, 1.82) is 5.26 Å². The van der Waals surface area contributed by atoms with Gasteiger partial charge >= 0.3 is 0 Å². The smallest absolute Gasteiger partial charge is 0.257 e. The number of rotatable bonds is 5. The van der Waals surface area contributed by atoms with E-state index in [9.17, 15) is 4.79 Å². The number of nitrogens with zero attached hydrogens (tertiary/aromatic N) is 2. The van der Waals surface area contributed by atoms with Gasteiger partial charge in [-0.05, 0) is 42.8 Å². The minimum Gasteiger partial charge on any atom is -0.370 e. The second kappa shape index (κ2) is 7.06. The summed E-state index contributed by atoms with van der Waals surface area (Å²) in [5, 5.41) is 14.6. The van der Waals surface area contributed by atoms with Crippen LogP contribution in [0.15, 0.2) is 42.6 Å². The molecule has 2 N–H and O–H groups in total. The van der Waals surface area contributed by atoms with Crippen LogP contribution in [0.2, 0.25) is 0 Å². The molecule has 1 aromatic heterocycles. The number of aromatic nitrogens is 1. The molecule has 0 saturated heterocycles. The molecular formula is C16H16N4O. The van der Waals surface area contributed by atoms with Crippen LogP contribution >= 0.6 is 0 Å². The molecule has 2 aromatic rings. The lowest BCUT2D eigenvalue weighted by atomic mass is 10.2. The number of anilines is 2. The van der Waals surface area contributed by atoms with Crippen LogP contribution in [-0.4, -0.2) is 17.4 Å². The van der Waals surface area contributed by atoms with E-state index in [1.807, 2.05) is 6.07 Å². The van der Waals surface area contributed by atoms with Crippen LogP contribution < -0.4 is 10.6 Å². The van der Waals surface area contributed by atoms with E-state index in [1.54, 1.807) is 36.4 Å². The van der Waals surface area contributed by atoms with Crippen molar-refractivity contribution in [2.45, 2.75) is 13.3 Å².